The second kappa shape index (κ2) is 7.53. The molecule has 1 unspecified atom stereocenters. The van der Waals surface area contributed by atoms with Gasteiger partial charge in [0.1, 0.15) is 6.61 Å². The van der Waals surface area contributed by atoms with Crippen LogP contribution in [0.1, 0.15) is 40.5 Å². The average Bonchev–Trinajstić information content (AvgIpc) is 2.36. The number of carbonyl (C=O) groups excluding carboxylic acids is 1. The van der Waals surface area contributed by atoms with Gasteiger partial charge in [-0.1, -0.05) is 49.3 Å². The van der Waals surface area contributed by atoms with E-state index in [1.165, 1.54) is 17.2 Å². The first kappa shape index (κ1) is 17.6. The van der Waals surface area contributed by atoms with Crippen LogP contribution in [0.4, 0.5) is 0 Å². The first-order valence-corrected chi connectivity index (χ1v) is 7.31. The molecule has 0 amide bonds. The maximum absolute atomic E-state index is 10.9. The summed E-state index contributed by atoms with van der Waals surface area (Å²) < 4.78 is 0. The van der Waals surface area contributed by atoms with Gasteiger partial charge in [0.25, 0.3) is 0 Å². The molecule has 0 aromatic carbocycles. The summed E-state index contributed by atoms with van der Waals surface area (Å²) in [4.78, 5) is 10.9. The van der Waals surface area contributed by atoms with E-state index in [-0.39, 0.29) is 17.3 Å². The smallest absolute Gasteiger partial charge is 0.180 e. The second-order valence-electron chi connectivity index (χ2n) is 6.37. The van der Waals surface area contributed by atoms with Crippen molar-refractivity contribution in [3.8, 4) is 0 Å². The Morgan fingerprint density at radius 1 is 1.38 bits per heavy atom. The van der Waals surface area contributed by atoms with Crippen LogP contribution in [0.5, 0.6) is 0 Å². The van der Waals surface area contributed by atoms with Crippen molar-refractivity contribution in [2.24, 2.45) is 5.41 Å². The van der Waals surface area contributed by atoms with Gasteiger partial charge in [0, 0.05) is 0 Å². The van der Waals surface area contributed by atoms with E-state index in [4.69, 9.17) is 5.11 Å². The third-order valence-corrected chi connectivity index (χ3v) is 3.79. The lowest BCUT2D eigenvalue weighted by Crippen LogP contribution is -2.28. The van der Waals surface area contributed by atoms with Crippen molar-refractivity contribution >= 4 is 5.78 Å². The molecule has 0 saturated carbocycles. The minimum Gasteiger partial charge on any atom is -0.393 e. The highest BCUT2D eigenvalue weighted by Gasteiger charge is 2.31. The van der Waals surface area contributed by atoms with Gasteiger partial charge in [-0.3, -0.25) is 4.79 Å². The number of allylic oxidation sites excluding steroid dienone is 6. The van der Waals surface area contributed by atoms with E-state index in [1.807, 2.05) is 19.1 Å². The lowest BCUT2D eigenvalue weighted by atomic mass is 9.71. The van der Waals surface area contributed by atoms with Gasteiger partial charge in [-0.15, -0.1) is 0 Å². The minimum atomic E-state index is -0.457. The maximum Gasteiger partial charge on any atom is 0.180 e. The van der Waals surface area contributed by atoms with Gasteiger partial charge in [-0.2, -0.15) is 0 Å². The Morgan fingerprint density at radius 3 is 2.62 bits per heavy atom. The van der Waals surface area contributed by atoms with Gasteiger partial charge in [0.2, 0.25) is 0 Å². The van der Waals surface area contributed by atoms with Crippen molar-refractivity contribution in [3.63, 3.8) is 0 Å². The van der Waals surface area contributed by atoms with Crippen molar-refractivity contribution in [3.05, 3.63) is 47.1 Å². The largest absolute Gasteiger partial charge is 0.393 e. The Bertz CT molecular complexity index is 505. The summed E-state index contributed by atoms with van der Waals surface area (Å²) in [5.41, 5.74) is 3.50. The fourth-order valence-corrected chi connectivity index (χ4v) is 2.81. The normalized spacial score (nSPS) is 23.3. The Kier molecular flexibility index (Phi) is 6.31. The van der Waals surface area contributed by atoms with E-state index in [0.29, 0.717) is 0 Å². The second-order valence-corrected chi connectivity index (χ2v) is 6.37. The molecule has 0 aromatic rings. The van der Waals surface area contributed by atoms with Gasteiger partial charge < -0.3 is 10.2 Å². The van der Waals surface area contributed by atoms with Crippen LogP contribution < -0.4 is 0 Å². The highest BCUT2D eigenvalue weighted by atomic mass is 16.3. The standard InChI is InChI=1S/C18H26O3/c1-13(6-5-7-15(20)12-19)8-9-17-14(2)10-16(21)11-18(17,3)4/h5-9,16,19,21H,10-12H2,1-4H3/b7-5+,9-8+,13-6+. The third kappa shape index (κ3) is 5.44. The van der Waals surface area contributed by atoms with Gasteiger partial charge in [-0.05, 0) is 43.8 Å². The highest BCUT2D eigenvalue weighted by Crippen LogP contribution is 2.40. The Morgan fingerprint density at radius 2 is 2.05 bits per heavy atom. The lowest BCUT2D eigenvalue weighted by molar-refractivity contribution is -0.117. The van der Waals surface area contributed by atoms with Crippen LogP contribution in [0.25, 0.3) is 0 Å². The molecule has 1 aliphatic carbocycles. The molecule has 0 radical (unpaired) electrons. The molecule has 1 aliphatic rings. The zero-order chi connectivity index (χ0) is 16.0. The van der Waals surface area contributed by atoms with Crippen molar-refractivity contribution in [1.29, 1.82) is 0 Å². The van der Waals surface area contributed by atoms with Crippen LogP contribution >= 0.6 is 0 Å². The molecular weight excluding hydrogens is 264 g/mol. The number of hydrogen-bond donors (Lipinski definition) is 2. The molecule has 0 aliphatic heterocycles. The Balaban J connectivity index is 2.84. The van der Waals surface area contributed by atoms with Crippen molar-refractivity contribution < 1.29 is 15.0 Å². The highest BCUT2D eigenvalue weighted by molar-refractivity contribution is 5.90. The van der Waals surface area contributed by atoms with E-state index in [0.717, 1.165) is 18.4 Å². The number of carbonyl (C=O) groups is 1. The lowest BCUT2D eigenvalue weighted by Gasteiger charge is -2.35. The molecule has 0 bridgehead atoms. The fraction of sp³-hybridized carbons (Fsp3) is 0.500. The number of rotatable bonds is 5. The van der Waals surface area contributed by atoms with Gasteiger partial charge in [0.15, 0.2) is 5.78 Å². The Labute approximate surface area is 127 Å². The molecule has 1 atom stereocenters. The number of hydrogen-bond acceptors (Lipinski definition) is 3. The fourth-order valence-electron chi connectivity index (χ4n) is 2.81. The van der Waals surface area contributed by atoms with Crippen molar-refractivity contribution in [2.75, 3.05) is 6.61 Å². The predicted molar refractivity (Wildman–Crippen MR) is 85.9 cm³/mol. The summed E-state index contributed by atoms with van der Waals surface area (Å²) >= 11 is 0. The van der Waals surface area contributed by atoms with Gasteiger partial charge in [0.05, 0.1) is 6.10 Å². The van der Waals surface area contributed by atoms with Gasteiger partial charge in [-0.25, -0.2) is 0 Å². The Hall–Kier alpha value is -1.45. The first-order chi connectivity index (χ1) is 9.76. The molecule has 0 heterocycles. The third-order valence-electron chi connectivity index (χ3n) is 3.79. The maximum atomic E-state index is 10.9. The molecule has 116 valence electrons. The van der Waals surface area contributed by atoms with Crippen LogP contribution in [0.2, 0.25) is 0 Å². The van der Waals surface area contributed by atoms with Crippen LogP contribution in [0.3, 0.4) is 0 Å². The van der Waals surface area contributed by atoms with E-state index in [1.54, 1.807) is 6.08 Å². The summed E-state index contributed by atoms with van der Waals surface area (Å²) in [5, 5.41) is 18.5. The van der Waals surface area contributed by atoms with E-state index < -0.39 is 6.61 Å². The van der Waals surface area contributed by atoms with E-state index in [9.17, 15) is 9.90 Å². The molecular formula is C18H26O3. The summed E-state index contributed by atoms with van der Waals surface area (Å²) in [6, 6.07) is 0. The summed E-state index contributed by atoms with van der Waals surface area (Å²) in [7, 11) is 0. The zero-order valence-electron chi connectivity index (χ0n) is 13.4. The van der Waals surface area contributed by atoms with Crippen LogP contribution in [-0.2, 0) is 4.79 Å². The SMILES string of the molecule is CC1=C(/C=C/C(C)=C/C=C/C(=O)CO)C(C)(C)CC(O)C1. The number of aliphatic hydroxyl groups excluding tert-OH is 2. The summed E-state index contributed by atoms with van der Waals surface area (Å²) in [6.45, 7) is 7.88. The number of aliphatic hydroxyl groups is 2. The quantitative estimate of drug-likeness (QED) is 0.604. The molecule has 2 N–H and O–H groups in total. The first-order valence-electron chi connectivity index (χ1n) is 7.31. The van der Waals surface area contributed by atoms with Gasteiger partial charge >= 0.3 is 0 Å². The molecule has 0 spiro atoms. The van der Waals surface area contributed by atoms with E-state index >= 15 is 0 Å². The van der Waals surface area contributed by atoms with Crippen LogP contribution in [0.15, 0.2) is 47.1 Å². The zero-order valence-corrected chi connectivity index (χ0v) is 13.4. The summed E-state index contributed by atoms with van der Waals surface area (Å²) in [6.07, 6.45) is 10.2. The molecule has 21 heavy (non-hydrogen) atoms. The summed E-state index contributed by atoms with van der Waals surface area (Å²) in [5.74, 6) is -0.302. The minimum absolute atomic E-state index is 0.0266. The van der Waals surface area contributed by atoms with Crippen LogP contribution in [-0.4, -0.2) is 28.7 Å². The molecule has 3 heteroatoms. The monoisotopic (exact) mass is 290 g/mol. The predicted octanol–water partition coefficient (Wildman–Crippen LogP) is 3.10. The molecule has 1 rings (SSSR count). The molecule has 0 aromatic heterocycles. The number of ketones is 1. The molecule has 0 saturated heterocycles. The molecule has 0 fully saturated rings. The topological polar surface area (TPSA) is 57.5 Å². The van der Waals surface area contributed by atoms with Crippen molar-refractivity contribution in [2.45, 2.75) is 46.6 Å². The van der Waals surface area contributed by atoms with E-state index in [2.05, 4.69) is 26.8 Å². The average molecular weight is 290 g/mol. The molecule has 3 nitrogen and oxygen atoms in total. The van der Waals surface area contributed by atoms with Crippen LogP contribution in [0, 0.1) is 5.41 Å². The van der Waals surface area contributed by atoms with Crippen molar-refractivity contribution in [1.82, 2.24) is 0 Å².